The van der Waals surface area contributed by atoms with Gasteiger partial charge in [-0.25, -0.2) is 0 Å². The van der Waals surface area contributed by atoms with Gasteiger partial charge < -0.3 is 10.6 Å². The molecule has 0 bridgehead atoms. The van der Waals surface area contributed by atoms with Gasteiger partial charge in [-0.15, -0.1) is 0 Å². The van der Waals surface area contributed by atoms with Crippen LogP contribution in [0, 0.1) is 6.92 Å². The van der Waals surface area contributed by atoms with Gasteiger partial charge in [-0.3, -0.25) is 9.59 Å². The summed E-state index contributed by atoms with van der Waals surface area (Å²) in [5, 5.41) is 6.77. The van der Waals surface area contributed by atoms with Crippen molar-refractivity contribution in [1.29, 1.82) is 0 Å². The number of thioether (sulfide) groups is 2. The molecule has 1 aliphatic heterocycles. The lowest BCUT2D eigenvalue weighted by Crippen LogP contribution is -2.25. The molecule has 0 spiro atoms. The van der Waals surface area contributed by atoms with E-state index in [1.54, 1.807) is 6.07 Å². The highest BCUT2D eigenvalue weighted by Gasteiger charge is 2.22. The van der Waals surface area contributed by atoms with Gasteiger partial charge in [0, 0.05) is 22.3 Å². The maximum Gasteiger partial charge on any atom is 0.262 e. The zero-order valence-electron chi connectivity index (χ0n) is 18.5. The number of nitrogens with one attached hydrogen (secondary N) is 2. The fraction of sp³-hybridized carbons (Fsp3) is 0.385. The van der Waals surface area contributed by atoms with Crippen LogP contribution in [0.5, 0.6) is 0 Å². The molecule has 1 fully saturated rings. The molecule has 32 heavy (non-hydrogen) atoms. The largest absolute Gasteiger partial charge is 0.352 e. The smallest absolute Gasteiger partial charge is 0.262 e. The molecule has 2 aromatic rings. The molecule has 0 saturated heterocycles. The van der Waals surface area contributed by atoms with Crippen molar-refractivity contribution in [2.45, 2.75) is 55.6 Å². The van der Waals surface area contributed by atoms with Crippen LogP contribution in [0.4, 0.5) is 5.69 Å². The van der Waals surface area contributed by atoms with Gasteiger partial charge in [-0.05, 0) is 61.8 Å². The first kappa shape index (κ1) is 23.0. The second-order valence-corrected chi connectivity index (χ2v) is 10.9. The van der Waals surface area contributed by atoms with Gasteiger partial charge in [0.05, 0.1) is 10.6 Å². The Balaban J connectivity index is 1.30. The lowest BCUT2D eigenvalue weighted by molar-refractivity contribution is -0.112. The highest BCUT2D eigenvalue weighted by atomic mass is 32.2. The average Bonchev–Trinajstić information content (AvgIpc) is 2.81. The first-order valence-electron chi connectivity index (χ1n) is 11.4. The van der Waals surface area contributed by atoms with Crippen molar-refractivity contribution in [3.8, 4) is 0 Å². The third kappa shape index (κ3) is 6.20. The van der Waals surface area contributed by atoms with E-state index in [0.717, 1.165) is 27.9 Å². The van der Waals surface area contributed by atoms with Crippen LogP contribution in [0.3, 0.4) is 0 Å². The van der Waals surface area contributed by atoms with Crippen LogP contribution in [0.2, 0.25) is 0 Å². The molecule has 1 aliphatic carbocycles. The molecule has 0 aromatic heterocycles. The molecule has 2 amide bonds. The number of amides is 2. The summed E-state index contributed by atoms with van der Waals surface area (Å²) in [6, 6.07) is 13.6. The van der Waals surface area contributed by atoms with E-state index < -0.39 is 0 Å². The molecule has 2 aliphatic rings. The number of aryl methyl sites for hydroxylation is 1. The van der Waals surface area contributed by atoms with Crippen LogP contribution in [0.15, 0.2) is 52.3 Å². The summed E-state index contributed by atoms with van der Waals surface area (Å²) in [5.74, 6) is 0.869. The zero-order chi connectivity index (χ0) is 22.3. The van der Waals surface area contributed by atoms with Crippen molar-refractivity contribution in [1.82, 2.24) is 5.32 Å². The van der Waals surface area contributed by atoms with Crippen molar-refractivity contribution in [2.24, 2.45) is 0 Å². The maximum atomic E-state index is 12.6. The van der Waals surface area contributed by atoms with E-state index >= 15 is 0 Å². The Bertz CT molecular complexity index is 995. The zero-order valence-corrected chi connectivity index (χ0v) is 20.1. The first-order chi connectivity index (χ1) is 15.6. The van der Waals surface area contributed by atoms with Gasteiger partial charge in [0.2, 0.25) is 0 Å². The standard InChI is InChI=1S/C26H30N2O2S2/c1-18-8-10-19(11-9-18)16-24-26(30)28-22-17-20(12-13-23(22)32-24)25(29)27-14-5-15-31-21-6-3-2-4-7-21/h8-13,16-17,21H,2-7,14-15H2,1H3,(H,27,29)(H,28,30)/b24-16+. The van der Waals surface area contributed by atoms with Gasteiger partial charge in [0.25, 0.3) is 11.8 Å². The number of hydrogen-bond donors (Lipinski definition) is 2. The maximum absolute atomic E-state index is 12.6. The molecule has 2 N–H and O–H groups in total. The third-order valence-corrected chi connectivity index (χ3v) is 8.39. The van der Waals surface area contributed by atoms with E-state index in [4.69, 9.17) is 0 Å². The van der Waals surface area contributed by atoms with Crippen LogP contribution >= 0.6 is 23.5 Å². The summed E-state index contributed by atoms with van der Waals surface area (Å²) in [7, 11) is 0. The van der Waals surface area contributed by atoms with E-state index in [2.05, 4.69) is 22.4 Å². The Hall–Kier alpha value is -2.18. The molecule has 2 aromatic carbocycles. The molecule has 6 heteroatoms. The monoisotopic (exact) mass is 466 g/mol. The molecule has 0 unspecified atom stereocenters. The second kappa shape index (κ2) is 11.1. The summed E-state index contributed by atoms with van der Waals surface area (Å²) in [6.07, 6.45) is 9.69. The minimum Gasteiger partial charge on any atom is -0.352 e. The lowest BCUT2D eigenvalue weighted by Gasteiger charge is -2.21. The molecular formula is C26H30N2O2S2. The van der Waals surface area contributed by atoms with Crippen LogP contribution in [-0.2, 0) is 4.79 Å². The number of hydrogen-bond acceptors (Lipinski definition) is 4. The van der Waals surface area contributed by atoms with Gasteiger partial charge in [-0.2, -0.15) is 11.8 Å². The molecule has 0 radical (unpaired) electrons. The second-order valence-electron chi connectivity index (χ2n) is 8.43. The molecule has 4 rings (SSSR count). The summed E-state index contributed by atoms with van der Waals surface area (Å²) in [5.41, 5.74) is 3.46. The quantitative estimate of drug-likeness (QED) is 0.373. The van der Waals surface area contributed by atoms with Gasteiger partial charge in [0.1, 0.15) is 0 Å². The minimum absolute atomic E-state index is 0.0873. The van der Waals surface area contributed by atoms with Crippen molar-refractivity contribution < 1.29 is 9.59 Å². The lowest BCUT2D eigenvalue weighted by atomic mass is 10.0. The predicted octanol–water partition coefficient (Wildman–Crippen LogP) is 6.27. The molecule has 168 valence electrons. The number of carbonyl (C=O) groups is 2. The minimum atomic E-state index is -0.139. The Labute approximate surface area is 199 Å². The van der Waals surface area contributed by atoms with Crippen molar-refractivity contribution >= 4 is 47.1 Å². The molecular weight excluding hydrogens is 436 g/mol. The fourth-order valence-electron chi connectivity index (χ4n) is 3.97. The van der Waals surface area contributed by atoms with Crippen molar-refractivity contribution in [3.05, 3.63) is 64.1 Å². The number of benzene rings is 2. The average molecular weight is 467 g/mol. The van der Waals surface area contributed by atoms with Gasteiger partial charge >= 0.3 is 0 Å². The number of rotatable bonds is 7. The van der Waals surface area contributed by atoms with Gasteiger partial charge in [-0.1, -0.05) is 60.9 Å². The van der Waals surface area contributed by atoms with E-state index in [0.29, 0.717) is 22.7 Å². The number of carbonyl (C=O) groups excluding carboxylic acids is 2. The topological polar surface area (TPSA) is 58.2 Å². The highest BCUT2D eigenvalue weighted by Crippen LogP contribution is 2.39. The molecule has 1 heterocycles. The van der Waals surface area contributed by atoms with Crippen LogP contribution < -0.4 is 10.6 Å². The van der Waals surface area contributed by atoms with Crippen LogP contribution in [-0.4, -0.2) is 29.4 Å². The predicted molar refractivity (Wildman–Crippen MR) is 136 cm³/mol. The Morgan fingerprint density at radius 3 is 2.72 bits per heavy atom. The first-order valence-corrected chi connectivity index (χ1v) is 13.3. The summed E-state index contributed by atoms with van der Waals surface area (Å²) >= 11 is 3.50. The Kier molecular flexibility index (Phi) is 7.98. The van der Waals surface area contributed by atoms with E-state index in [9.17, 15) is 9.59 Å². The van der Waals surface area contributed by atoms with Crippen LogP contribution in [0.25, 0.3) is 6.08 Å². The summed E-state index contributed by atoms with van der Waals surface area (Å²) < 4.78 is 0. The van der Waals surface area contributed by atoms with E-state index in [-0.39, 0.29) is 11.8 Å². The number of fused-ring (bicyclic) bond motifs is 1. The van der Waals surface area contributed by atoms with E-state index in [1.165, 1.54) is 49.4 Å². The Morgan fingerprint density at radius 1 is 1.16 bits per heavy atom. The SMILES string of the molecule is Cc1ccc(/C=C2/Sc3ccc(C(=O)NCCCSC4CCCCC4)cc3NC2=O)cc1. The summed E-state index contributed by atoms with van der Waals surface area (Å²) in [6.45, 7) is 2.72. The van der Waals surface area contributed by atoms with E-state index in [1.807, 2.05) is 49.4 Å². The molecule has 4 nitrogen and oxygen atoms in total. The summed E-state index contributed by atoms with van der Waals surface area (Å²) in [4.78, 5) is 26.7. The molecule has 1 saturated carbocycles. The highest BCUT2D eigenvalue weighted by molar-refractivity contribution is 8.04. The fourth-order valence-corrected chi connectivity index (χ4v) is 6.22. The molecule has 0 atom stereocenters. The van der Waals surface area contributed by atoms with Crippen LogP contribution in [0.1, 0.15) is 60.0 Å². The third-order valence-electron chi connectivity index (χ3n) is 5.82. The van der Waals surface area contributed by atoms with Crippen molar-refractivity contribution in [3.63, 3.8) is 0 Å². The number of anilines is 1. The normalized spacial score (nSPS) is 17.7. The van der Waals surface area contributed by atoms with Crippen molar-refractivity contribution in [2.75, 3.05) is 17.6 Å². The Morgan fingerprint density at radius 2 is 1.94 bits per heavy atom. The van der Waals surface area contributed by atoms with Gasteiger partial charge in [0.15, 0.2) is 0 Å².